The molecule has 1 heterocycles. The molecule has 1 aromatic heterocycles. The van der Waals surface area contributed by atoms with Crippen LogP contribution in [-0.2, 0) is 0 Å². The summed E-state index contributed by atoms with van der Waals surface area (Å²) in [6.07, 6.45) is 1.25. The zero-order valence-electron chi connectivity index (χ0n) is 6.08. The molecule has 0 atom stereocenters. The Morgan fingerprint density at radius 1 is 1.58 bits per heavy atom. The van der Waals surface area contributed by atoms with Crippen LogP contribution in [0.1, 0.15) is 5.56 Å². The maximum absolute atomic E-state index is 8.41. The van der Waals surface area contributed by atoms with Gasteiger partial charge < -0.3 is 10.8 Å². The minimum Gasteiger partial charge on any atom is -0.384 e. The fourth-order valence-electron chi connectivity index (χ4n) is 0.620. The standard InChI is InChI=1S/C7H6ClN3O/c8-6-5(2-1-3-12)7(9)11-4-10-6/h4,12H,3H2,(H2,9,10,11). The molecule has 12 heavy (non-hydrogen) atoms. The molecule has 0 bridgehead atoms. The maximum atomic E-state index is 8.41. The van der Waals surface area contributed by atoms with Crippen molar-refractivity contribution in [1.29, 1.82) is 0 Å². The molecule has 0 aliphatic rings. The molecule has 0 unspecified atom stereocenters. The second kappa shape index (κ2) is 3.90. The number of aliphatic hydroxyl groups excluding tert-OH is 1. The minimum atomic E-state index is -0.245. The van der Waals surface area contributed by atoms with E-state index in [2.05, 4.69) is 21.8 Å². The topological polar surface area (TPSA) is 72.0 Å². The number of hydrogen-bond donors (Lipinski definition) is 2. The number of nitrogen functional groups attached to an aromatic ring is 1. The molecule has 5 heteroatoms. The molecule has 4 nitrogen and oxygen atoms in total. The summed E-state index contributed by atoms with van der Waals surface area (Å²) < 4.78 is 0. The van der Waals surface area contributed by atoms with Crippen molar-refractivity contribution in [2.24, 2.45) is 0 Å². The largest absolute Gasteiger partial charge is 0.384 e. The molecule has 0 saturated heterocycles. The predicted molar refractivity (Wildman–Crippen MR) is 45.4 cm³/mol. The first-order valence-electron chi connectivity index (χ1n) is 3.11. The van der Waals surface area contributed by atoms with Gasteiger partial charge in [-0.3, -0.25) is 0 Å². The molecule has 62 valence electrons. The number of hydrogen-bond acceptors (Lipinski definition) is 4. The molecule has 0 aromatic carbocycles. The summed E-state index contributed by atoms with van der Waals surface area (Å²) in [5.74, 6) is 5.17. The zero-order valence-corrected chi connectivity index (χ0v) is 6.84. The van der Waals surface area contributed by atoms with Gasteiger partial charge in [-0.1, -0.05) is 23.4 Å². The van der Waals surface area contributed by atoms with Crippen LogP contribution in [0.5, 0.6) is 0 Å². The van der Waals surface area contributed by atoms with Crippen LogP contribution < -0.4 is 5.73 Å². The number of aromatic nitrogens is 2. The van der Waals surface area contributed by atoms with Crippen LogP contribution >= 0.6 is 11.6 Å². The monoisotopic (exact) mass is 183 g/mol. The van der Waals surface area contributed by atoms with Crippen molar-refractivity contribution in [1.82, 2.24) is 9.97 Å². The van der Waals surface area contributed by atoms with Crippen LogP contribution in [0.2, 0.25) is 5.15 Å². The van der Waals surface area contributed by atoms with Crippen LogP contribution in [0.25, 0.3) is 0 Å². The third-order valence-corrected chi connectivity index (χ3v) is 1.41. The molecule has 3 N–H and O–H groups in total. The van der Waals surface area contributed by atoms with Crippen molar-refractivity contribution < 1.29 is 5.11 Å². The summed E-state index contributed by atoms with van der Waals surface area (Å²) in [5.41, 5.74) is 5.80. The molecule has 0 radical (unpaired) electrons. The molecule has 0 fully saturated rings. The minimum absolute atomic E-state index is 0.198. The molecule has 0 saturated carbocycles. The van der Waals surface area contributed by atoms with Crippen LogP contribution in [0.4, 0.5) is 5.82 Å². The summed E-state index contributed by atoms with van der Waals surface area (Å²) in [5, 5.41) is 8.61. The van der Waals surface area contributed by atoms with E-state index in [-0.39, 0.29) is 17.6 Å². The fraction of sp³-hybridized carbons (Fsp3) is 0.143. The van der Waals surface area contributed by atoms with Crippen molar-refractivity contribution in [2.75, 3.05) is 12.3 Å². The van der Waals surface area contributed by atoms with Crippen LogP contribution in [0, 0.1) is 11.8 Å². The van der Waals surface area contributed by atoms with E-state index in [0.717, 1.165) is 0 Å². The van der Waals surface area contributed by atoms with Gasteiger partial charge in [0, 0.05) is 0 Å². The van der Waals surface area contributed by atoms with Gasteiger partial charge in [0.1, 0.15) is 29.5 Å². The number of halogens is 1. The number of rotatable bonds is 0. The number of anilines is 1. The third kappa shape index (κ3) is 1.84. The maximum Gasteiger partial charge on any atom is 0.150 e. The van der Waals surface area contributed by atoms with E-state index in [0.29, 0.717) is 5.56 Å². The zero-order chi connectivity index (χ0) is 8.97. The lowest BCUT2D eigenvalue weighted by Crippen LogP contribution is -1.96. The fourth-order valence-corrected chi connectivity index (χ4v) is 0.808. The Hall–Kier alpha value is -1.31. The highest BCUT2D eigenvalue weighted by Gasteiger charge is 2.02. The Bertz CT molecular complexity index is 322. The summed E-state index contributed by atoms with van der Waals surface area (Å²) in [4.78, 5) is 7.37. The lowest BCUT2D eigenvalue weighted by Gasteiger charge is -1.96. The van der Waals surface area contributed by atoms with E-state index < -0.39 is 0 Å². The molecule has 0 aliphatic heterocycles. The van der Waals surface area contributed by atoms with Gasteiger partial charge in [0.15, 0.2) is 0 Å². The van der Waals surface area contributed by atoms with Gasteiger partial charge in [0.25, 0.3) is 0 Å². The average Bonchev–Trinajstić information content (AvgIpc) is 2.04. The highest BCUT2D eigenvalue weighted by atomic mass is 35.5. The Morgan fingerprint density at radius 3 is 2.92 bits per heavy atom. The van der Waals surface area contributed by atoms with E-state index in [1.807, 2.05) is 0 Å². The average molecular weight is 184 g/mol. The lowest BCUT2D eigenvalue weighted by atomic mass is 10.3. The molecule has 0 amide bonds. The van der Waals surface area contributed by atoms with Gasteiger partial charge in [-0.25, -0.2) is 9.97 Å². The first kappa shape index (κ1) is 8.78. The van der Waals surface area contributed by atoms with E-state index in [1.165, 1.54) is 6.33 Å². The summed E-state index contributed by atoms with van der Waals surface area (Å²) >= 11 is 5.65. The number of nitrogens with two attached hydrogens (primary N) is 1. The Balaban J connectivity index is 3.13. The first-order chi connectivity index (χ1) is 5.75. The van der Waals surface area contributed by atoms with Crippen molar-refractivity contribution in [2.45, 2.75) is 0 Å². The second-order valence-electron chi connectivity index (χ2n) is 1.88. The van der Waals surface area contributed by atoms with E-state index in [1.54, 1.807) is 0 Å². The lowest BCUT2D eigenvalue weighted by molar-refractivity contribution is 0.350. The SMILES string of the molecule is Nc1ncnc(Cl)c1C#CCO. The smallest absolute Gasteiger partial charge is 0.150 e. The molecular formula is C7H6ClN3O. The normalized spacial score (nSPS) is 8.83. The second-order valence-corrected chi connectivity index (χ2v) is 2.24. The summed E-state index contributed by atoms with van der Waals surface area (Å²) in [6.45, 7) is -0.245. The van der Waals surface area contributed by atoms with E-state index in [9.17, 15) is 0 Å². The van der Waals surface area contributed by atoms with E-state index in [4.69, 9.17) is 22.4 Å². The number of nitrogens with zero attached hydrogens (tertiary/aromatic N) is 2. The van der Waals surface area contributed by atoms with Gasteiger partial charge in [-0.05, 0) is 0 Å². The molecule has 1 rings (SSSR count). The molecule has 0 aliphatic carbocycles. The van der Waals surface area contributed by atoms with Gasteiger partial charge in [-0.15, -0.1) is 0 Å². The highest BCUT2D eigenvalue weighted by Crippen LogP contribution is 2.14. The van der Waals surface area contributed by atoms with Crippen LogP contribution in [-0.4, -0.2) is 21.7 Å². The van der Waals surface area contributed by atoms with Gasteiger partial charge in [0.05, 0.1) is 0 Å². The third-order valence-electron chi connectivity index (χ3n) is 1.12. The first-order valence-corrected chi connectivity index (χ1v) is 3.49. The van der Waals surface area contributed by atoms with Crippen molar-refractivity contribution in [3.05, 3.63) is 17.0 Å². The van der Waals surface area contributed by atoms with Crippen molar-refractivity contribution in [3.63, 3.8) is 0 Å². The van der Waals surface area contributed by atoms with Crippen LogP contribution in [0.15, 0.2) is 6.33 Å². The quantitative estimate of drug-likeness (QED) is 0.441. The summed E-state index contributed by atoms with van der Waals surface area (Å²) in [6, 6.07) is 0. The van der Waals surface area contributed by atoms with Crippen LogP contribution in [0.3, 0.4) is 0 Å². The molecular weight excluding hydrogens is 178 g/mol. The van der Waals surface area contributed by atoms with Gasteiger partial charge >= 0.3 is 0 Å². The van der Waals surface area contributed by atoms with Crippen molar-refractivity contribution >= 4 is 17.4 Å². The van der Waals surface area contributed by atoms with Gasteiger partial charge in [-0.2, -0.15) is 0 Å². The van der Waals surface area contributed by atoms with E-state index >= 15 is 0 Å². The Labute approximate surface area is 74.4 Å². The molecule has 0 spiro atoms. The Morgan fingerprint density at radius 2 is 2.33 bits per heavy atom. The van der Waals surface area contributed by atoms with Gasteiger partial charge in [0.2, 0.25) is 0 Å². The number of aliphatic hydroxyl groups is 1. The molecule has 1 aromatic rings. The van der Waals surface area contributed by atoms with Crippen molar-refractivity contribution in [3.8, 4) is 11.8 Å². The Kier molecular flexibility index (Phi) is 2.86. The predicted octanol–water partition coefficient (Wildman–Crippen LogP) is 0.0560. The highest BCUT2D eigenvalue weighted by molar-refractivity contribution is 6.30. The summed E-state index contributed by atoms with van der Waals surface area (Å²) in [7, 11) is 0.